The highest BCUT2D eigenvalue weighted by Crippen LogP contribution is 2.26. The molecule has 0 bridgehead atoms. The zero-order valence-corrected chi connectivity index (χ0v) is 10.6. The molecule has 4 nitrogen and oxygen atoms in total. The lowest BCUT2D eigenvalue weighted by Crippen LogP contribution is -2.14. The van der Waals surface area contributed by atoms with E-state index in [9.17, 15) is 4.79 Å². The molecule has 0 saturated heterocycles. The molecule has 0 spiro atoms. The van der Waals surface area contributed by atoms with E-state index in [1.54, 1.807) is 12.3 Å². The Balaban J connectivity index is 2.34. The molecule has 0 aliphatic carbocycles. The SMILES string of the molecule is CC(C)CC(=O)Nc1ccc(N)c2ncccc12. The maximum atomic E-state index is 11.8. The minimum absolute atomic E-state index is 0.0138. The normalized spacial score (nSPS) is 10.8. The maximum absolute atomic E-state index is 11.8. The summed E-state index contributed by atoms with van der Waals surface area (Å²) in [4.78, 5) is 16.0. The first-order valence-electron chi connectivity index (χ1n) is 6.01. The standard InChI is InChI=1S/C14H17N3O/c1-9(2)8-13(18)17-12-6-5-11(15)14-10(12)4-3-7-16-14/h3-7,9H,8,15H2,1-2H3,(H,17,18). The zero-order chi connectivity index (χ0) is 13.1. The molecule has 0 atom stereocenters. The summed E-state index contributed by atoms with van der Waals surface area (Å²) in [6, 6.07) is 7.32. The molecule has 3 N–H and O–H groups in total. The fourth-order valence-electron chi connectivity index (χ4n) is 1.88. The van der Waals surface area contributed by atoms with Crippen molar-refractivity contribution in [3.63, 3.8) is 0 Å². The van der Waals surface area contributed by atoms with Crippen molar-refractivity contribution in [1.29, 1.82) is 0 Å². The number of pyridine rings is 1. The van der Waals surface area contributed by atoms with Crippen molar-refractivity contribution < 1.29 is 4.79 Å². The second kappa shape index (κ2) is 5.04. The summed E-state index contributed by atoms with van der Waals surface area (Å²) >= 11 is 0. The van der Waals surface area contributed by atoms with Crippen LogP contribution in [-0.4, -0.2) is 10.9 Å². The summed E-state index contributed by atoms with van der Waals surface area (Å²) in [6.45, 7) is 4.03. The minimum atomic E-state index is 0.0138. The highest BCUT2D eigenvalue weighted by atomic mass is 16.1. The molecule has 4 heteroatoms. The van der Waals surface area contributed by atoms with Crippen molar-refractivity contribution in [3.05, 3.63) is 30.5 Å². The number of hydrogen-bond acceptors (Lipinski definition) is 3. The average Bonchev–Trinajstić information content (AvgIpc) is 2.32. The summed E-state index contributed by atoms with van der Waals surface area (Å²) in [7, 11) is 0. The van der Waals surface area contributed by atoms with Crippen molar-refractivity contribution in [1.82, 2.24) is 4.98 Å². The number of anilines is 2. The quantitative estimate of drug-likeness (QED) is 0.814. The third kappa shape index (κ3) is 2.59. The predicted molar refractivity (Wildman–Crippen MR) is 74.2 cm³/mol. The third-order valence-electron chi connectivity index (χ3n) is 2.67. The summed E-state index contributed by atoms with van der Waals surface area (Å²) in [5.41, 5.74) is 7.96. The number of nitrogens with two attached hydrogens (primary N) is 1. The van der Waals surface area contributed by atoms with E-state index >= 15 is 0 Å². The topological polar surface area (TPSA) is 68.0 Å². The molecule has 2 rings (SSSR count). The molecular formula is C14H17N3O. The number of nitrogens with zero attached hydrogens (tertiary/aromatic N) is 1. The molecule has 2 aromatic rings. The van der Waals surface area contributed by atoms with Gasteiger partial charge < -0.3 is 11.1 Å². The largest absolute Gasteiger partial charge is 0.397 e. The zero-order valence-electron chi connectivity index (χ0n) is 10.6. The van der Waals surface area contributed by atoms with E-state index < -0.39 is 0 Å². The van der Waals surface area contributed by atoms with Crippen molar-refractivity contribution in [2.45, 2.75) is 20.3 Å². The van der Waals surface area contributed by atoms with E-state index in [4.69, 9.17) is 5.73 Å². The molecular weight excluding hydrogens is 226 g/mol. The van der Waals surface area contributed by atoms with Gasteiger partial charge in [-0.1, -0.05) is 13.8 Å². The second-order valence-corrected chi connectivity index (χ2v) is 4.75. The second-order valence-electron chi connectivity index (χ2n) is 4.75. The van der Waals surface area contributed by atoms with Gasteiger partial charge in [-0.15, -0.1) is 0 Å². The Morgan fingerprint density at radius 2 is 2.17 bits per heavy atom. The highest BCUT2D eigenvalue weighted by Gasteiger charge is 2.09. The van der Waals surface area contributed by atoms with Gasteiger partial charge in [0, 0.05) is 18.0 Å². The van der Waals surface area contributed by atoms with Crippen molar-refractivity contribution in [3.8, 4) is 0 Å². The molecule has 0 radical (unpaired) electrons. The molecule has 1 heterocycles. The molecule has 0 aliphatic rings. The van der Waals surface area contributed by atoms with E-state index in [-0.39, 0.29) is 5.91 Å². The van der Waals surface area contributed by atoms with Crippen LogP contribution >= 0.6 is 0 Å². The fourth-order valence-corrected chi connectivity index (χ4v) is 1.88. The molecule has 0 fully saturated rings. The third-order valence-corrected chi connectivity index (χ3v) is 2.67. The van der Waals surface area contributed by atoms with Crippen LogP contribution in [0.1, 0.15) is 20.3 Å². The average molecular weight is 243 g/mol. The lowest BCUT2D eigenvalue weighted by Gasteiger charge is -2.10. The Labute approximate surface area is 106 Å². The number of benzene rings is 1. The van der Waals surface area contributed by atoms with Crippen LogP contribution in [0.3, 0.4) is 0 Å². The molecule has 0 saturated carbocycles. The molecule has 0 unspecified atom stereocenters. The van der Waals surface area contributed by atoms with E-state index in [1.807, 2.05) is 32.0 Å². The number of carbonyl (C=O) groups excluding carboxylic acids is 1. The van der Waals surface area contributed by atoms with E-state index in [2.05, 4.69) is 10.3 Å². The van der Waals surface area contributed by atoms with Crippen LogP contribution in [0.15, 0.2) is 30.5 Å². The molecule has 94 valence electrons. The van der Waals surface area contributed by atoms with Gasteiger partial charge in [0.15, 0.2) is 0 Å². The monoisotopic (exact) mass is 243 g/mol. The molecule has 1 amide bonds. The van der Waals surface area contributed by atoms with Gasteiger partial charge in [-0.2, -0.15) is 0 Å². The number of amides is 1. The van der Waals surface area contributed by atoms with E-state index in [0.29, 0.717) is 18.0 Å². The number of fused-ring (bicyclic) bond motifs is 1. The first kappa shape index (κ1) is 12.4. The first-order chi connectivity index (χ1) is 8.58. The Bertz CT molecular complexity index is 578. The number of aromatic nitrogens is 1. The van der Waals surface area contributed by atoms with Gasteiger partial charge in [-0.05, 0) is 30.2 Å². The van der Waals surface area contributed by atoms with Crippen LogP contribution in [-0.2, 0) is 4.79 Å². The smallest absolute Gasteiger partial charge is 0.224 e. The van der Waals surface area contributed by atoms with Gasteiger partial charge in [0.1, 0.15) is 0 Å². The van der Waals surface area contributed by atoms with Gasteiger partial charge in [0.05, 0.1) is 16.9 Å². The Kier molecular flexibility index (Phi) is 3.46. The summed E-state index contributed by atoms with van der Waals surface area (Å²) in [5, 5.41) is 3.78. The van der Waals surface area contributed by atoms with E-state index in [0.717, 1.165) is 16.6 Å². The number of rotatable bonds is 3. The highest BCUT2D eigenvalue weighted by molar-refractivity contribution is 6.04. The van der Waals surface area contributed by atoms with Crippen molar-refractivity contribution in [2.75, 3.05) is 11.1 Å². The number of hydrogen-bond donors (Lipinski definition) is 2. The summed E-state index contributed by atoms with van der Waals surface area (Å²) in [5.74, 6) is 0.350. The molecule has 0 aliphatic heterocycles. The molecule has 1 aromatic heterocycles. The fraction of sp³-hybridized carbons (Fsp3) is 0.286. The van der Waals surface area contributed by atoms with Crippen LogP contribution < -0.4 is 11.1 Å². The first-order valence-corrected chi connectivity index (χ1v) is 6.01. The van der Waals surface area contributed by atoms with Crippen LogP contribution in [0, 0.1) is 5.92 Å². The van der Waals surface area contributed by atoms with Gasteiger partial charge in [0.25, 0.3) is 0 Å². The number of nitrogens with one attached hydrogen (secondary N) is 1. The van der Waals surface area contributed by atoms with Gasteiger partial charge in [0.2, 0.25) is 5.91 Å². The summed E-state index contributed by atoms with van der Waals surface area (Å²) < 4.78 is 0. The van der Waals surface area contributed by atoms with Crippen molar-refractivity contribution in [2.24, 2.45) is 5.92 Å². The maximum Gasteiger partial charge on any atom is 0.224 e. The van der Waals surface area contributed by atoms with E-state index in [1.165, 1.54) is 0 Å². The Hall–Kier alpha value is -2.10. The number of carbonyl (C=O) groups is 1. The minimum Gasteiger partial charge on any atom is -0.397 e. The van der Waals surface area contributed by atoms with Crippen LogP contribution in [0.4, 0.5) is 11.4 Å². The summed E-state index contributed by atoms with van der Waals surface area (Å²) in [6.07, 6.45) is 2.20. The van der Waals surface area contributed by atoms with Crippen LogP contribution in [0.25, 0.3) is 10.9 Å². The molecule has 1 aromatic carbocycles. The Morgan fingerprint density at radius 3 is 2.89 bits per heavy atom. The number of nitrogen functional groups attached to an aromatic ring is 1. The lowest BCUT2D eigenvalue weighted by atomic mass is 10.1. The van der Waals surface area contributed by atoms with Crippen molar-refractivity contribution >= 4 is 28.2 Å². The van der Waals surface area contributed by atoms with Gasteiger partial charge in [-0.3, -0.25) is 9.78 Å². The van der Waals surface area contributed by atoms with Crippen LogP contribution in [0.5, 0.6) is 0 Å². The van der Waals surface area contributed by atoms with Gasteiger partial charge in [-0.25, -0.2) is 0 Å². The van der Waals surface area contributed by atoms with Crippen LogP contribution in [0.2, 0.25) is 0 Å². The Morgan fingerprint density at radius 1 is 1.39 bits per heavy atom. The predicted octanol–water partition coefficient (Wildman–Crippen LogP) is 2.80. The molecule has 18 heavy (non-hydrogen) atoms. The lowest BCUT2D eigenvalue weighted by molar-refractivity contribution is -0.116. The van der Waals surface area contributed by atoms with Gasteiger partial charge >= 0.3 is 0 Å².